The molecule has 4 atom stereocenters. The van der Waals surface area contributed by atoms with E-state index in [4.69, 9.17) is 4.74 Å². The second-order valence-electron chi connectivity index (χ2n) is 6.84. The van der Waals surface area contributed by atoms with Crippen LogP contribution in [0.5, 0.6) is 23.0 Å². The molecule has 2 aromatic rings. The van der Waals surface area contributed by atoms with Gasteiger partial charge >= 0.3 is 5.97 Å². The van der Waals surface area contributed by atoms with Crippen molar-refractivity contribution in [1.29, 1.82) is 0 Å². The van der Waals surface area contributed by atoms with Crippen molar-refractivity contribution in [2.45, 2.75) is 30.4 Å². The van der Waals surface area contributed by atoms with Crippen LogP contribution in [0.3, 0.4) is 0 Å². The topological polar surface area (TPSA) is 157 Å². The van der Waals surface area contributed by atoms with Gasteiger partial charge in [0.1, 0.15) is 35.1 Å². The van der Waals surface area contributed by atoms with Gasteiger partial charge in [0, 0.05) is 24.8 Å². The number of aliphatic carboxylic acids is 1. The van der Waals surface area contributed by atoms with Crippen molar-refractivity contribution in [3.05, 3.63) is 47.5 Å². The highest BCUT2D eigenvalue weighted by Crippen LogP contribution is 2.52. The zero-order valence-corrected chi connectivity index (χ0v) is 16.7. The number of aliphatic hydroxyl groups is 1. The average molecular weight is 435 g/mol. The maximum atomic E-state index is 11.4. The van der Waals surface area contributed by atoms with E-state index >= 15 is 0 Å². The van der Waals surface area contributed by atoms with E-state index in [-0.39, 0.29) is 34.3 Å². The Morgan fingerprint density at radius 2 is 1.80 bits per heavy atom. The Labute approximate surface area is 175 Å². The van der Waals surface area contributed by atoms with Gasteiger partial charge in [-0.15, -0.1) is 11.8 Å². The van der Waals surface area contributed by atoms with Crippen LogP contribution in [0.25, 0.3) is 0 Å². The van der Waals surface area contributed by atoms with E-state index in [1.54, 1.807) is 12.1 Å². The number of hydrogen-bond donors (Lipinski definition) is 6. The van der Waals surface area contributed by atoms with Gasteiger partial charge in [0.15, 0.2) is 6.10 Å². The Hall–Kier alpha value is -3.11. The highest BCUT2D eigenvalue weighted by atomic mass is 32.2. The quantitative estimate of drug-likeness (QED) is 0.397. The van der Waals surface area contributed by atoms with Crippen molar-refractivity contribution in [3.8, 4) is 23.0 Å². The lowest BCUT2D eigenvalue weighted by molar-refractivity contribution is -0.140. The first-order valence-corrected chi connectivity index (χ1v) is 10.0. The molecule has 160 valence electrons. The van der Waals surface area contributed by atoms with Gasteiger partial charge in [-0.25, -0.2) is 4.79 Å². The first kappa shape index (κ1) is 21.6. The van der Waals surface area contributed by atoms with Crippen molar-refractivity contribution < 1.29 is 39.9 Å². The Kier molecular flexibility index (Phi) is 6.28. The van der Waals surface area contributed by atoms with E-state index in [9.17, 15) is 35.1 Å². The number of aliphatic hydroxyl groups excluding tert-OH is 1. The first-order valence-electron chi connectivity index (χ1n) is 8.98. The second kappa shape index (κ2) is 8.72. The minimum absolute atomic E-state index is 0.0327. The van der Waals surface area contributed by atoms with Crippen LogP contribution in [-0.4, -0.2) is 55.3 Å². The molecule has 0 aliphatic carbocycles. The minimum atomic E-state index is -1.23. The number of phenolic OH excluding ortho intramolecular Hbond substituents is 3. The van der Waals surface area contributed by atoms with Crippen molar-refractivity contribution >= 4 is 23.6 Å². The van der Waals surface area contributed by atoms with E-state index in [1.165, 1.54) is 25.1 Å². The zero-order chi connectivity index (χ0) is 22.0. The number of ether oxygens (including phenoxy) is 1. The lowest BCUT2D eigenvalue weighted by Gasteiger charge is -2.37. The van der Waals surface area contributed by atoms with Gasteiger partial charge in [0.25, 0.3) is 0 Å². The van der Waals surface area contributed by atoms with Crippen LogP contribution in [0, 0.1) is 0 Å². The monoisotopic (exact) mass is 435 g/mol. The molecule has 9 nitrogen and oxygen atoms in total. The summed E-state index contributed by atoms with van der Waals surface area (Å²) < 4.78 is 5.83. The summed E-state index contributed by atoms with van der Waals surface area (Å²) in [5.41, 5.74) is 0.753. The van der Waals surface area contributed by atoms with Crippen LogP contribution in [0.4, 0.5) is 0 Å². The Balaban J connectivity index is 1.96. The van der Waals surface area contributed by atoms with E-state index in [0.29, 0.717) is 5.56 Å². The third kappa shape index (κ3) is 4.55. The number of hydrogen-bond acceptors (Lipinski definition) is 8. The van der Waals surface area contributed by atoms with Crippen LogP contribution >= 0.6 is 11.8 Å². The van der Waals surface area contributed by atoms with Crippen molar-refractivity contribution in [2.24, 2.45) is 0 Å². The fourth-order valence-electron chi connectivity index (χ4n) is 3.25. The number of nitrogens with one attached hydrogen (secondary N) is 1. The number of carbonyl (C=O) groups excluding carboxylic acids is 1. The molecule has 0 fully saturated rings. The molecule has 6 N–H and O–H groups in total. The van der Waals surface area contributed by atoms with E-state index in [0.717, 1.165) is 17.8 Å². The number of carboxylic acids is 1. The Bertz CT molecular complexity index is 949. The lowest BCUT2D eigenvalue weighted by Crippen LogP contribution is -2.42. The summed E-state index contributed by atoms with van der Waals surface area (Å²) in [6.07, 6.45) is -2.10. The molecule has 0 aromatic heterocycles. The summed E-state index contributed by atoms with van der Waals surface area (Å²) in [5, 5.41) is 51.6. The maximum absolute atomic E-state index is 11.4. The number of aromatic hydroxyl groups is 3. The number of carboxylic acid groups (broad SMARTS) is 1. The Morgan fingerprint density at radius 3 is 2.40 bits per heavy atom. The normalized spacial score (nSPS) is 21.2. The first-order chi connectivity index (χ1) is 14.2. The van der Waals surface area contributed by atoms with Gasteiger partial charge in [-0.2, -0.15) is 0 Å². The molecule has 2 aromatic carbocycles. The van der Waals surface area contributed by atoms with Crippen LogP contribution in [0.1, 0.15) is 29.4 Å². The van der Waals surface area contributed by atoms with Gasteiger partial charge in [0.05, 0.1) is 10.8 Å². The summed E-state index contributed by atoms with van der Waals surface area (Å²) in [6.45, 7) is 1.20. The summed E-state index contributed by atoms with van der Waals surface area (Å²) in [5.74, 6) is -2.20. The summed E-state index contributed by atoms with van der Waals surface area (Å²) >= 11 is 1.03. The van der Waals surface area contributed by atoms with Gasteiger partial charge in [-0.3, -0.25) is 4.79 Å². The molecular formula is C20H21NO8S. The van der Waals surface area contributed by atoms with Crippen LogP contribution < -0.4 is 10.1 Å². The molecule has 0 spiro atoms. The van der Waals surface area contributed by atoms with Crippen LogP contribution in [0.15, 0.2) is 36.4 Å². The van der Waals surface area contributed by atoms with Crippen LogP contribution in [-0.2, 0) is 9.59 Å². The molecular weight excluding hydrogens is 414 g/mol. The summed E-state index contributed by atoms with van der Waals surface area (Å²) in [6, 6.07) is 7.19. The minimum Gasteiger partial charge on any atom is -0.508 e. The van der Waals surface area contributed by atoms with Crippen LogP contribution in [0.2, 0.25) is 0 Å². The number of fused-ring (bicyclic) bond motifs is 1. The predicted octanol–water partition coefficient (Wildman–Crippen LogP) is 1.66. The largest absolute Gasteiger partial charge is 0.508 e. The van der Waals surface area contributed by atoms with Gasteiger partial charge in [0.2, 0.25) is 5.91 Å². The number of amides is 1. The van der Waals surface area contributed by atoms with Crippen molar-refractivity contribution in [3.63, 3.8) is 0 Å². The maximum Gasteiger partial charge on any atom is 0.327 e. The average Bonchev–Trinajstić information content (AvgIpc) is 2.66. The zero-order valence-electron chi connectivity index (χ0n) is 15.8. The van der Waals surface area contributed by atoms with Crippen molar-refractivity contribution in [1.82, 2.24) is 5.32 Å². The standard InChI is InChI=1S/C20H21NO8S/c1-9(22)21-13(20(27)28)8-30-19-16-14(25)6-12(24)7-15(16)29-18(17(19)26)10-2-4-11(23)5-3-10/h2-7,13,17-19,23-26H,8H2,1H3,(H,21,22)(H,27,28)/t13-,17-,18+,19-/m0/s1. The fraction of sp³-hybridized carbons (Fsp3) is 0.300. The molecule has 1 aliphatic rings. The highest BCUT2D eigenvalue weighted by Gasteiger charge is 2.41. The number of rotatable bonds is 6. The van der Waals surface area contributed by atoms with Gasteiger partial charge in [-0.1, -0.05) is 12.1 Å². The number of phenols is 3. The Morgan fingerprint density at radius 1 is 1.13 bits per heavy atom. The molecule has 0 unspecified atom stereocenters. The molecule has 0 bridgehead atoms. The highest BCUT2D eigenvalue weighted by molar-refractivity contribution is 7.99. The molecule has 10 heteroatoms. The summed E-state index contributed by atoms with van der Waals surface area (Å²) in [4.78, 5) is 22.7. The van der Waals surface area contributed by atoms with E-state index in [1.807, 2.05) is 0 Å². The molecule has 0 saturated carbocycles. The SMILES string of the molecule is CC(=O)N[C@@H](CS[C@H]1c2c(O)cc(O)cc2O[C@H](c2ccc(O)cc2)[C@@H]1O)C(=O)O. The van der Waals surface area contributed by atoms with Crippen molar-refractivity contribution in [2.75, 3.05) is 5.75 Å². The predicted molar refractivity (Wildman–Crippen MR) is 108 cm³/mol. The second-order valence-corrected chi connectivity index (χ2v) is 8.02. The molecule has 30 heavy (non-hydrogen) atoms. The third-order valence-corrected chi connectivity index (χ3v) is 6.00. The van der Waals surface area contributed by atoms with Gasteiger partial charge < -0.3 is 35.6 Å². The third-order valence-electron chi connectivity index (χ3n) is 4.60. The fourth-order valence-corrected chi connectivity index (χ4v) is 4.62. The van der Waals surface area contributed by atoms with E-state index < -0.39 is 35.4 Å². The number of benzene rings is 2. The molecule has 1 aliphatic heterocycles. The molecule has 1 amide bonds. The number of carbonyl (C=O) groups is 2. The molecule has 1 heterocycles. The molecule has 0 radical (unpaired) electrons. The summed E-state index contributed by atoms with van der Waals surface area (Å²) in [7, 11) is 0. The number of thioether (sulfide) groups is 1. The molecule has 0 saturated heterocycles. The van der Waals surface area contributed by atoms with E-state index in [2.05, 4.69) is 5.32 Å². The van der Waals surface area contributed by atoms with Gasteiger partial charge in [-0.05, 0) is 17.7 Å². The molecule has 3 rings (SSSR count). The lowest BCUT2D eigenvalue weighted by atomic mass is 9.93. The smallest absolute Gasteiger partial charge is 0.327 e.